The number of nitrogens with zero attached hydrogens (tertiary/aromatic N) is 5. The molecule has 1 atom stereocenters. The minimum absolute atomic E-state index is 0.468. The Hall–Kier alpha value is -2.35. The zero-order chi connectivity index (χ0) is 13.9. The smallest absolute Gasteiger partial charge is 0.140 e. The standard InChI is InChI=1S/C15H17N5/c1-12-17-6-8-19(12)11-15-3-2-7-20(15)14-5-4-13(9-16)18-10-14/h4-6,8,10,15H,2-3,7,11H2,1H3. The van der Waals surface area contributed by atoms with Crippen molar-refractivity contribution >= 4 is 5.69 Å². The van der Waals surface area contributed by atoms with Crippen LogP contribution < -0.4 is 4.90 Å². The molecule has 5 nitrogen and oxygen atoms in total. The number of nitriles is 1. The van der Waals surface area contributed by atoms with Crippen LogP contribution in [0.4, 0.5) is 5.69 Å². The summed E-state index contributed by atoms with van der Waals surface area (Å²) in [7, 11) is 0. The van der Waals surface area contributed by atoms with Gasteiger partial charge in [0.05, 0.1) is 11.9 Å². The molecule has 5 heteroatoms. The van der Waals surface area contributed by atoms with Crippen LogP contribution >= 0.6 is 0 Å². The van der Waals surface area contributed by atoms with Gasteiger partial charge in [-0.1, -0.05) is 0 Å². The first-order chi connectivity index (χ1) is 9.78. The molecule has 0 N–H and O–H groups in total. The maximum Gasteiger partial charge on any atom is 0.140 e. The van der Waals surface area contributed by atoms with Gasteiger partial charge in [0.15, 0.2) is 0 Å². The van der Waals surface area contributed by atoms with E-state index in [4.69, 9.17) is 5.26 Å². The van der Waals surface area contributed by atoms with Crippen LogP contribution in [0.2, 0.25) is 0 Å². The molecule has 3 heterocycles. The molecule has 2 aromatic heterocycles. The van der Waals surface area contributed by atoms with Crippen molar-refractivity contribution in [1.29, 1.82) is 5.26 Å². The van der Waals surface area contributed by atoms with E-state index in [9.17, 15) is 0 Å². The summed E-state index contributed by atoms with van der Waals surface area (Å²) < 4.78 is 2.19. The van der Waals surface area contributed by atoms with Gasteiger partial charge >= 0.3 is 0 Å². The molecule has 20 heavy (non-hydrogen) atoms. The number of aromatic nitrogens is 3. The third-order valence-electron chi connectivity index (χ3n) is 3.90. The molecule has 0 bridgehead atoms. The number of hydrogen-bond acceptors (Lipinski definition) is 4. The highest BCUT2D eigenvalue weighted by atomic mass is 15.2. The van der Waals surface area contributed by atoms with E-state index in [1.54, 1.807) is 12.3 Å². The van der Waals surface area contributed by atoms with E-state index in [-0.39, 0.29) is 0 Å². The van der Waals surface area contributed by atoms with Gasteiger partial charge in [-0.3, -0.25) is 0 Å². The van der Waals surface area contributed by atoms with Gasteiger partial charge in [0, 0.05) is 31.5 Å². The highest BCUT2D eigenvalue weighted by Gasteiger charge is 2.25. The van der Waals surface area contributed by atoms with Crippen molar-refractivity contribution in [3.8, 4) is 6.07 Å². The second kappa shape index (κ2) is 5.33. The lowest BCUT2D eigenvalue weighted by molar-refractivity contribution is 0.540. The fraction of sp³-hybridized carbons (Fsp3) is 0.400. The zero-order valence-corrected chi connectivity index (χ0v) is 11.5. The Balaban J connectivity index is 1.78. The molecule has 0 amide bonds. The Labute approximate surface area is 118 Å². The Morgan fingerprint density at radius 3 is 2.95 bits per heavy atom. The molecule has 1 fully saturated rings. The highest BCUT2D eigenvalue weighted by Crippen LogP contribution is 2.26. The summed E-state index contributed by atoms with van der Waals surface area (Å²) in [6.45, 7) is 4.03. The lowest BCUT2D eigenvalue weighted by Gasteiger charge is -2.27. The molecule has 1 aliphatic rings. The Morgan fingerprint density at radius 2 is 2.30 bits per heavy atom. The summed E-state index contributed by atoms with van der Waals surface area (Å²) in [5.74, 6) is 1.05. The fourth-order valence-electron chi connectivity index (χ4n) is 2.81. The second-order valence-electron chi connectivity index (χ2n) is 5.13. The molecular weight excluding hydrogens is 250 g/mol. The second-order valence-corrected chi connectivity index (χ2v) is 5.13. The normalized spacial score (nSPS) is 18.2. The largest absolute Gasteiger partial charge is 0.366 e. The SMILES string of the molecule is Cc1nccn1CC1CCCN1c1ccc(C#N)nc1. The number of aryl methyl sites for hydroxylation is 1. The van der Waals surface area contributed by atoms with Crippen molar-refractivity contribution < 1.29 is 0 Å². The van der Waals surface area contributed by atoms with Crippen LogP contribution in [0.25, 0.3) is 0 Å². The van der Waals surface area contributed by atoms with Crippen LogP contribution in [0, 0.1) is 18.3 Å². The van der Waals surface area contributed by atoms with E-state index in [0.717, 1.165) is 24.6 Å². The summed E-state index contributed by atoms with van der Waals surface area (Å²) in [6, 6.07) is 6.30. The average Bonchev–Trinajstić information content (AvgIpc) is 3.09. The van der Waals surface area contributed by atoms with E-state index in [1.165, 1.54) is 12.8 Å². The maximum atomic E-state index is 8.81. The number of anilines is 1. The van der Waals surface area contributed by atoms with Gasteiger partial charge < -0.3 is 9.47 Å². The van der Waals surface area contributed by atoms with Gasteiger partial charge in [0.1, 0.15) is 17.6 Å². The van der Waals surface area contributed by atoms with Gasteiger partial charge in [-0.25, -0.2) is 9.97 Å². The monoisotopic (exact) mass is 267 g/mol. The number of rotatable bonds is 3. The van der Waals surface area contributed by atoms with Crippen molar-refractivity contribution in [3.05, 3.63) is 42.2 Å². The van der Waals surface area contributed by atoms with E-state index in [1.807, 2.05) is 25.4 Å². The molecular formula is C15H17N5. The molecule has 1 unspecified atom stereocenters. The van der Waals surface area contributed by atoms with Gasteiger partial charge in [-0.2, -0.15) is 5.26 Å². The third kappa shape index (κ3) is 2.37. The molecule has 2 aromatic rings. The minimum Gasteiger partial charge on any atom is -0.366 e. The van der Waals surface area contributed by atoms with Crippen molar-refractivity contribution in [1.82, 2.24) is 14.5 Å². The van der Waals surface area contributed by atoms with Gasteiger partial charge in [0.2, 0.25) is 0 Å². The molecule has 102 valence electrons. The van der Waals surface area contributed by atoms with Gasteiger partial charge in [-0.15, -0.1) is 0 Å². The Kier molecular flexibility index (Phi) is 3.38. The van der Waals surface area contributed by atoms with Crippen LogP contribution in [-0.2, 0) is 6.54 Å². The molecule has 0 spiro atoms. The minimum atomic E-state index is 0.468. The lowest BCUT2D eigenvalue weighted by atomic mass is 10.2. The van der Waals surface area contributed by atoms with E-state index in [2.05, 4.69) is 25.5 Å². The summed E-state index contributed by atoms with van der Waals surface area (Å²) in [4.78, 5) is 10.8. The van der Waals surface area contributed by atoms with Crippen LogP contribution in [0.3, 0.4) is 0 Å². The van der Waals surface area contributed by atoms with E-state index < -0.39 is 0 Å². The van der Waals surface area contributed by atoms with Crippen molar-refractivity contribution in [2.24, 2.45) is 0 Å². The van der Waals surface area contributed by atoms with Gasteiger partial charge in [0.25, 0.3) is 0 Å². The van der Waals surface area contributed by atoms with Crippen molar-refractivity contribution in [3.63, 3.8) is 0 Å². The van der Waals surface area contributed by atoms with E-state index in [0.29, 0.717) is 11.7 Å². The maximum absolute atomic E-state index is 8.81. The predicted octanol–water partition coefficient (Wildman–Crippen LogP) is 2.13. The summed E-state index contributed by atoms with van der Waals surface area (Å²) >= 11 is 0. The van der Waals surface area contributed by atoms with Crippen molar-refractivity contribution in [2.75, 3.05) is 11.4 Å². The van der Waals surface area contributed by atoms with Crippen LogP contribution in [0.5, 0.6) is 0 Å². The highest BCUT2D eigenvalue weighted by molar-refractivity contribution is 5.47. The first kappa shape index (κ1) is 12.7. The van der Waals surface area contributed by atoms with Crippen LogP contribution in [-0.4, -0.2) is 27.1 Å². The topological polar surface area (TPSA) is 57.7 Å². The Bertz CT molecular complexity index is 622. The van der Waals surface area contributed by atoms with Gasteiger partial charge in [-0.05, 0) is 31.9 Å². The molecule has 1 saturated heterocycles. The lowest BCUT2D eigenvalue weighted by Crippen LogP contribution is -2.33. The van der Waals surface area contributed by atoms with Crippen LogP contribution in [0.1, 0.15) is 24.4 Å². The number of hydrogen-bond donors (Lipinski definition) is 0. The molecule has 0 saturated carbocycles. The molecule has 0 aromatic carbocycles. The molecule has 1 aliphatic heterocycles. The summed E-state index contributed by atoms with van der Waals surface area (Å²) in [5.41, 5.74) is 1.57. The predicted molar refractivity (Wildman–Crippen MR) is 76.3 cm³/mol. The summed E-state index contributed by atoms with van der Waals surface area (Å²) in [5, 5.41) is 8.81. The fourth-order valence-corrected chi connectivity index (χ4v) is 2.81. The van der Waals surface area contributed by atoms with Crippen LogP contribution in [0.15, 0.2) is 30.7 Å². The summed E-state index contributed by atoms with van der Waals surface area (Å²) in [6.07, 6.45) is 8.05. The molecule has 0 aliphatic carbocycles. The number of pyridine rings is 1. The number of imidazole rings is 1. The quantitative estimate of drug-likeness (QED) is 0.854. The average molecular weight is 267 g/mol. The first-order valence-electron chi connectivity index (χ1n) is 6.88. The van der Waals surface area contributed by atoms with E-state index >= 15 is 0 Å². The molecule has 0 radical (unpaired) electrons. The zero-order valence-electron chi connectivity index (χ0n) is 11.5. The molecule has 3 rings (SSSR count). The van der Waals surface area contributed by atoms with Crippen molar-refractivity contribution in [2.45, 2.75) is 32.4 Å². The first-order valence-corrected chi connectivity index (χ1v) is 6.88. The third-order valence-corrected chi connectivity index (χ3v) is 3.90. The Morgan fingerprint density at radius 1 is 1.40 bits per heavy atom.